The fourth-order valence-electron chi connectivity index (χ4n) is 2.18. The second-order valence-electron chi connectivity index (χ2n) is 4.66. The Bertz CT molecular complexity index is 537. The number of hydrogen-bond donors (Lipinski definition) is 1. The van der Waals surface area contributed by atoms with E-state index in [9.17, 15) is 14.4 Å². The maximum Gasteiger partial charge on any atom is 0.317 e. The van der Waals surface area contributed by atoms with Gasteiger partial charge in [0.15, 0.2) is 0 Å². The molecule has 1 aliphatic heterocycles. The average Bonchev–Trinajstić information content (AvgIpc) is 2.70. The second-order valence-corrected chi connectivity index (χ2v) is 4.66. The molecule has 0 aliphatic carbocycles. The van der Waals surface area contributed by atoms with Crippen LogP contribution in [0.15, 0.2) is 24.3 Å². The van der Waals surface area contributed by atoms with E-state index in [1.165, 1.54) is 12.0 Å². The van der Waals surface area contributed by atoms with Crippen LogP contribution in [-0.2, 0) is 9.53 Å². The molecule has 1 aromatic carbocycles. The summed E-state index contributed by atoms with van der Waals surface area (Å²) in [6.07, 6.45) is 0. The highest BCUT2D eigenvalue weighted by molar-refractivity contribution is 6.21. The number of nitrogens with zero attached hydrogens (tertiary/aromatic N) is 2. The molecule has 0 atom stereocenters. The summed E-state index contributed by atoms with van der Waals surface area (Å²) < 4.78 is 4.91. The van der Waals surface area contributed by atoms with Crippen LogP contribution in [0.25, 0.3) is 0 Å². The number of methoxy groups -OCH3 is 1. The summed E-state index contributed by atoms with van der Waals surface area (Å²) in [5.74, 6) is -1.82. The summed E-state index contributed by atoms with van der Waals surface area (Å²) in [5, 5.41) is 8.89. The van der Waals surface area contributed by atoms with Gasteiger partial charge in [-0.2, -0.15) is 0 Å². The first-order valence-electron chi connectivity index (χ1n) is 6.43. The summed E-state index contributed by atoms with van der Waals surface area (Å²) in [6.45, 7) is 0.297. The number of aliphatic carboxylic acids is 1. The van der Waals surface area contributed by atoms with Crippen molar-refractivity contribution in [3.05, 3.63) is 35.4 Å². The average molecular weight is 292 g/mol. The largest absolute Gasteiger partial charge is 0.480 e. The molecule has 0 radical (unpaired) electrons. The van der Waals surface area contributed by atoms with Crippen LogP contribution in [0.2, 0.25) is 0 Å². The Morgan fingerprint density at radius 1 is 1.24 bits per heavy atom. The van der Waals surface area contributed by atoms with E-state index in [2.05, 4.69) is 0 Å². The molecule has 0 bridgehead atoms. The Labute approximate surface area is 121 Å². The van der Waals surface area contributed by atoms with Crippen molar-refractivity contribution in [2.24, 2.45) is 0 Å². The van der Waals surface area contributed by atoms with Gasteiger partial charge in [-0.3, -0.25) is 24.2 Å². The molecule has 1 aliphatic rings. The summed E-state index contributed by atoms with van der Waals surface area (Å²) in [4.78, 5) is 37.8. The lowest BCUT2D eigenvalue weighted by atomic mass is 10.1. The van der Waals surface area contributed by atoms with Crippen LogP contribution in [0, 0.1) is 0 Å². The summed E-state index contributed by atoms with van der Waals surface area (Å²) in [5.41, 5.74) is 0.703. The molecule has 0 spiro atoms. The molecule has 7 nitrogen and oxygen atoms in total. The molecule has 7 heteroatoms. The fourth-order valence-corrected chi connectivity index (χ4v) is 2.18. The van der Waals surface area contributed by atoms with Gasteiger partial charge in [-0.15, -0.1) is 0 Å². The first kappa shape index (κ1) is 15.1. The zero-order valence-electron chi connectivity index (χ0n) is 11.6. The number of carbonyl (C=O) groups excluding carboxylic acids is 2. The van der Waals surface area contributed by atoms with E-state index in [1.807, 2.05) is 0 Å². The second kappa shape index (κ2) is 6.47. The van der Waals surface area contributed by atoms with Crippen molar-refractivity contribution in [2.75, 3.05) is 33.5 Å². The predicted molar refractivity (Wildman–Crippen MR) is 72.9 cm³/mol. The lowest BCUT2D eigenvalue weighted by molar-refractivity contribution is -0.138. The van der Waals surface area contributed by atoms with E-state index < -0.39 is 17.8 Å². The zero-order chi connectivity index (χ0) is 15.4. The van der Waals surface area contributed by atoms with Crippen molar-refractivity contribution < 1.29 is 24.2 Å². The van der Waals surface area contributed by atoms with Gasteiger partial charge in [0.2, 0.25) is 0 Å². The highest BCUT2D eigenvalue weighted by atomic mass is 16.5. The summed E-state index contributed by atoms with van der Waals surface area (Å²) in [6, 6.07) is 6.55. The third-order valence-electron chi connectivity index (χ3n) is 3.19. The quantitative estimate of drug-likeness (QED) is 0.726. The lowest BCUT2D eigenvalue weighted by Gasteiger charge is -2.24. The van der Waals surface area contributed by atoms with Gasteiger partial charge in [-0.05, 0) is 12.1 Å². The zero-order valence-corrected chi connectivity index (χ0v) is 11.6. The Morgan fingerprint density at radius 3 is 2.29 bits per heavy atom. The normalized spacial score (nSPS) is 13.9. The van der Waals surface area contributed by atoms with Gasteiger partial charge in [-0.25, -0.2) is 0 Å². The topological polar surface area (TPSA) is 87.2 Å². The minimum absolute atomic E-state index is 0.0675. The van der Waals surface area contributed by atoms with E-state index in [1.54, 1.807) is 24.3 Å². The van der Waals surface area contributed by atoms with Gasteiger partial charge in [-0.1, -0.05) is 12.1 Å². The van der Waals surface area contributed by atoms with E-state index in [-0.39, 0.29) is 13.2 Å². The molecular formula is C14H16N2O5. The molecule has 2 rings (SSSR count). The number of carbonyl (C=O) groups is 3. The Kier molecular flexibility index (Phi) is 4.66. The number of carboxylic acids is 1. The van der Waals surface area contributed by atoms with Crippen molar-refractivity contribution in [3.63, 3.8) is 0 Å². The maximum atomic E-state index is 12.2. The number of hydrogen-bond acceptors (Lipinski definition) is 5. The Morgan fingerprint density at radius 2 is 1.81 bits per heavy atom. The van der Waals surface area contributed by atoms with Gasteiger partial charge in [0.05, 0.1) is 30.9 Å². The smallest absolute Gasteiger partial charge is 0.317 e. The maximum absolute atomic E-state index is 12.2. The van der Waals surface area contributed by atoms with E-state index in [4.69, 9.17) is 9.84 Å². The molecule has 0 saturated carbocycles. The van der Waals surface area contributed by atoms with Crippen LogP contribution in [0.4, 0.5) is 0 Å². The number of fused-ring (bicyclic) bond motifs is 1. The summed E-state index contributed by atoms with van der Waals surface area (Å²) in [7, 11) is 1.50. The molecule has 0 saturated heterocycles. The predicted octanol–water partition coefficient (Wildman–Crippen LogP) is 0.273. The van der Waals surface area contributed by atoms with E-state index in [0.717, 1.165) is 4.90 Å². The molecule has 2 amide bonds. The van der Waals surface area contributed by atoms with Gasteiger partial charge >= 0.3 is 5.97 Å². The first-order chi connectivity index (χ1) is 10.0. The molecule has 0 fully saturated rings. The van der Waals surface area contributed by atoms with Gasteiger partial charge in [0, 0.05) is 13.7 Å². The number of benzene rings is 1. The lowest BCUT2D eigenvalue weighted by Crippen LogP contribution is -2.44. The van der Waals surface area contributed by atoms with Crippen LogP contribution in [0.1, 0.15) is 20.7 Å². The van der Waals surface area contributed by atoms with Crippen molar-refractivity contribution in [2.45, 2.75) is 0 Å². The van der Waals surface area contributed by atoms with Crippen LogP contribution in [-0.4, -0.2) is 66.2 Å². The SMILES string of the molecule is COCCN(CC(=O)O)CN1C(=O)c2ccccc2C1=O. The minimum atomic E-state index is -1.03. The van der Waals surface area contributed by atoms with Crippen LogP contribution >= 0.6 is 0 Å². The van der Waals surface area contributed by atoms with Crippen molar-refractivity contribution in [1.82, 2.24) is 9.80 Å². The molecule has 112 valence electrons. The van der Waals surface area contributed by atoms with Gasteiger partial charge in [0.25, 0.3) is 11.8 Å². The third-order valence-corrected chi connectivity index (χ3v) is 3.19. The van der Waals surface area contributed by atoms with Crippen molar-refractivity contribution in [3.8, 4) is 0 Å². The molecule has 1 N–H and O–H groups in total. The van der Waals surface area contributed by atoms with Crippen molar-refractivity contribution >= 4 is 17.8 Å². The molecular weight excluding hydrogens is 276 g/mol. The third kappa shape index (κ3) is 3.26. The monoisotopic (exact) mass is 292 g/mol. The minimum Gasteiger partial charge on any atom is -0.480 e. The van der Waals surface area contributed by atoms with Crippen molar-refractivity contribution in [1.29, 1.82) is 0 Å². The molecule has 0 unspecified atom stereocenters. The summed E-state index contributed by atoms with van der Waals surface area (Å²) >= 11 is 0. The van der Waals surface area contributed by atoms with E-state index in [0.29, 0.717) is 24.3 Å². The van der Waals surface area contributed by atoms with Gasteiger partial charge < -0.3 is 9.84 Å². The number of rotatable bonds is 7. The van der Waals surface area contributed by atoms with Crippen LogP contribution in [0.3, 0.4) is 0 Å². The van der Waals surface area contributed by atoms with E-state index >= 15 is 0 Å². The fraction of sp³-hybridized carbons (Fsp3) is 0.357. The highest BCUT2D eigenvalue weighted by Gasteiger charge is 2.36. The van der Waals surface area contributed by atoms with Gasteiger partial charge in [0.1, 0.15) is 0 Å². The number of ether oxygens (including phenoxy) is 1. The number of amides is 2. The standard InChI is InChI=1S/C14H16N2O5/c1-21-7-6-15(8-12(17)18)9-16-13(19)10-4-2-3-5-11(10)14(16)20/h2-5H,6-9H2,1H3,(H,17,18). The molecule has 1 aromatic rings. The van der Waals surface area contributed by atoms with Crippen LogP contribution in [0.5, 0.6) is 0 Å². The molecule has 21 heavy (non-hydrogen) atoms. The van der Waals surface area contributed by atoms with Crippen LogP contribution < -0.4 is 0 Å². The number of carboxylic acid groups (broad SMARTS) is 1. The first-order valence-corrected chi connectivity index (χ1v) is 6.43. The highest BCUT2D eigenvalue weighted by Crippen LogP contribution is 2.22. The Balaban J connectivity index is 2.13. The molecule has 1 heterocycles. The molecule has 0 aromatic heterocycles. The number of imide groups is 1. The Hall–Kier alpha value is -2.25.